The van der Waals surface area contributed by atoms with E-state index in [4.69, 9.17) is 4.98 Å². The predicted molar refractivity (Wildman–Crippen MR) is 111 cm³/mol. The van der Waals surface area contributed by atoms with E-state index in [1.165, 1.54) is 6.07 Å². The number of halogens is 1. The number of benzene rings is 1. The molecule has 2 aliphatic heterocycles. The van der Waals surface area contributed by atoms with E-state index in [2.05, 4.69) is 4.98 Å². The number of nitrogens with zero attached hydrogens (tertiary/aromatic N) is 3. The van der Waals surface area contributed by atoms with Gasteiger partial charge in [-0.3, -0.25) is 14.4 Å². The number of hydrogen-bond acceptors (Lipinski definition) is 4. The minimum absolute atomic E-state index is 0.0196. The topological polar surface area (TPSA) is 86.4 Å². The Morgan fingerprint density at radius 1 is 1.13 bits per heavy atom. The molecule has 2 amide bonds. The molecule has 1 N–H and O–H groups in total. The maximum atomic E-state index is 13.9. The minimum atomic E-state index is -0.377. The lowest BCUT2D eigenvalue weighted by atomic mass is 10.0. The van der Waals surface area contributed by atoms with Gasteiger partial charge in [0.05, 0.1) is 18.7 Å². The van der Waals surface area contributed by atoms with Crippen LogP contribution >= 0.6 is 0 Å². The highest BCUT2D eigenvalue weighted by molar-refractivity contribution is 5.81. The van der Waals surface area contributed by atoms with E-state index in [1.807, 2.05) is 4.90 Å². The van der Waals surface area contributed by atoms with Crippen LogP contribution in [0.15, 0.2) is 29.1 Å². The van der Waals surface area contributed by atoms with Crippen molar-refractivity contribution in [2.75, 3.05) is 19.6 Å². The molecule has 1 saturated carbocycles. The van der Waals surface area contributed by atoms with Gasteiger partial charge in [-0.1, -0.05) is 18.2 Å². The van der Waals surface area contributed by atoms with E-state index >= 15 is 0 Å². The summed E-state index contributed by atoms with van der Waals surface area (Å²) in [6.07, 6.45) is 3.14. The van der Waals surface area contributed by atoms with Gasteiger partial charge in [0.15, 0.2) is 0 Å². The normalized spacial score (nSPS) is 20.6. The molecule has 3 heterocycles. The number of aromatic amines is 1. The van der Waals surface area contributed by atoms with E-state index in [1.54, 1.807) is 23.1 Å². The van der Waals surface area contributed by atoms with E-state index in [0.29, 0.717) is 61.7 Å². The summed E-state index contributed by atoms with van der Waals surface area (Å²) >= 11 is 0. The Hall–Kier alpha value is -3.03. The van der Waals surface area contributed by atoms with Crippen LogP contribution in [-0.2, 0) is 29.0 Å². The lowest BCUT2D eigenvalue weighted by Gasteiger charge is -2.28. The first kappa shape index (κ1) is 19.9. The first-order valence-corrected chi connectivity index (χ1v) is 10.9. The third-order valence-corrected chi connectivity index (χ3v) is 6.56. The molecule has 3 aliphatic rings. The Morgan fingerprint density at radius 2 is 1.94 bits per heavy atom. The molecule has 1 saturated heterocycles. The molecule has 0 bridgehead atoms. The summed E-state index contributed by atoms with van der Waals surface area (Å²) in [5, 5.41) is 0. The van der Waals surface area contributed by atoms with Crippen molar-refractivity contribution < 1.29 is 14.0 Å². The number of aromatic nitrogens is 2. The van der Waals surface area contributed by atoms with Crippen LogP contribution in [0.1, 0.15) is 47.8 Å². The number of hydrogen-bond donors (Lipinski definition) is 1. The Bertz CT molecular complexity index is 1090. The highest BCUT2D eigenvalue weighted by Crippen LogP contribution is 2.32. The molecule has 1 aromatic heterocycles. The fraction of sp³-hybridized carbons (Fsp3) is 0.478. The second-order valence-corrected chi connectivity index (χ2v) is 8.75. The second-order valence-electron chi connectivity index (χ2n) is 8.75. The van der Waals surface area contributed by atoms with Gasteiger partial charge in [-0.2, -0.15) is 0 Å². The van der Waals surface area contributed by atoms with Crippen molar-refractivity contribution in [3.05, 3.63) is 63.1 Å². The highest BCUT2D eigenvalue weighted by Gasteiger charge is 2.36. The third-order valence-electron chi connectivity index (χ3n) is 6.56. The van der Waals surface area contributed by atoms with Crippen LogP contribution in [-0.4, -0.2) is 51.2 Å². The first-order valence-electron chi connectivity index (χ1n) is 10.9. The van der Waals surface area contributed by atoms with Gasteiger partial charge in [-0.25, -0.2) is 9.37 Å². The van der Waals surface area contributed by atoms with Gasteiger partial charge in [-0.15, -0.1) is 0 Å². The van der Waals surface area contributed by atoms with Crippen molar-refractivity contribution in [1.82, 2.24) is 19.8 Å². The lowest BCUT2D eigenvalue weighted by Crippen LogP contribution is -2.40. The molecule has 1 aliphatic carbocycles. The Kier molecular flexibility index (Phi) is 5.08. The molecule has 2 aromatic rings. The molecule has 31 heavy (non-hydrogen) atoms. The number of amides is 2. The van der Waals surface area contributed by atoms with Crippen LogP contribution in [0.4, 0.5) is 4.39 Å². The molecule has 162 valence electrons. The molecule has 1 atom stereocenters. The average Bonchev–Trinajstić information content (AvgIpc) is 3.50. The smallest absolute Gasteiger partial charge is 0.254 e. The molecule has 8 heteroatoms. The number of H-pyrrole nitrogens is 1. The maximum absolute atomic E-state index is 13.9. The standard InChI is InChI=1S/C23H25FN4O3/c24-18-4-2-1-3-15(18)11-20(29)27-9-7-16(12-27)21-25-19-13-28(23(31)14-5-6-14)10-8-17(19)22(30)26-21/h1-4,14,16H,5-13H2,(H,25,26,30)/t16-/m1/s1. The van der Waals surface area contributed by atoms with E-state index in [0.717, 1.165) is 12.8 Å². The molecule has 1 aromatic carbocycles. The zero-order chi connectivity index (χ0) is 21.5. The molecule has 2 fully saturated rings. The number of carbonyl (C=O) groups excluding carboxylic acids is 2. The van der Waals surface area contributed by atoms with Crippen LogP contribution < -0.4 is 5.56 Å². The lowest BCUT2D eigenvalue weighted by molar-refractivity contribution is -0.133. The SMILES string of the molecule is O=C(Cc1ccccc1F)N1CC[C@@H](c2nc3c(c(=O)[nH]2)CCN(C(=O)C2CC2)C3)C1. The van der Waals surface area contributed by atoms with E-state index in [-0.39, 0.29) is 41.4 Å². The number of rotatable bonds is 4. The van der Waals surface area contributed by atoms with Crippen molar-refractivity contribution in [2.24, 2.45) is 5.92 Å². The molecule has 0 unspecified atom stereocenters. The van der Waals surface area contributed by atoms with Crippen LogP contribution in [0.2, 0.25) is 0 Å². The van der Waals surface area contributed by atoms with Crippen LogP contribution in [0.25, 0.3) is 0 Å². The van der Waals surface area contributed by atoms with Gasteiger partial charge in [0.25, 0.3) is 5.56 Å². The summed E-state index contributed by atoms with van der Waals surface area (Å²) < 4.78 is 13.9. The largest absolute Gasteiger partial charge is 0.342 e. The maximum Gasteiger partial charge on any atom is 0.254 e. The average molecular weight is 424 g/mol. The highest BCUT2D eigenvalue weighted by atomic mass is 19.1. The summed E-state index contributed by atoms with van der Waals surface area (Å²) in [5.41, 5.74) is 1.58. The summed E-state index contributed by atoms with van der Waals surface area (Å²) in [6.45, 7) is 1.93. The molecular formula is C23H25FN4O3. The van der Waals surface area contributed by atoms with Gasteiger partial charge in [0, 0.05) is 37.0 Å². The van der Waals surface area contributed by atoms with Crippen molar-refractivity contribution >= 4 is 11.8 Å². The summed E-state index contributed by atoms with van der Waals surface area (Å²) in [6, 6.07) is 6.30. The van der Waals surface area contributed by atoms with Crippen molar-refractivity contribution in [3.63, 3.8) is 0 Å². The summed E-state index contributed by atoms with van der Waals surface area (Å²) in [5.74, 6) is 0.307. The first-order chi connectivity index (χ1) is 15.0. The summed E-state index contributed by atoms with van der Waals surface area (Å²) in [7, 11) is 0. The van der Waals surface area contributed by atoms with Crippen molar-refractivity contribution in [1.29, 1.82) is 0 Å². The molecule has 5 rings (SSSR count). The number of carbonyl (C=O) groups is 2. The van der Waals surface area contributed by atoms with Gasteiger partial charge in [-0.05, 0) is 37.3 Å². The number of nitrogens with one attached hydrogen (secondary N) is 1. The van der Waals surface area contributed by atoms with Gasteiger partial charge < -0.3 is 14.8 Å². The van der Waals surface area contributed by atoms with Crippen LogP contribution in [0.5, 0.6) is 0 Å². The van der Waals surface area contributed by atoms with Crippen molar-refractivity contribution in [2.45, 2.75) is 44.6 Å². The zero-order valence-corrected chi connectivity index (χ0v) is 17.3. The number of fused-ring (bicyclic) bond motifs is 1. The Balaban J connectivity index is 1.29. The van der Waals surface area contributed by atoms with Crippen molar-refractivity contribution in [3.8, 4) is 0 Å². The van der Waals surface area contributed by atoms with E-state index < -0.39 is 0 Å². The minimum Gasteiger partial charge on any atom is -0.342 e. The predicted octanol–water partition coefficient (Wildman–Crippen LogP) is 1.76. The monoisotopic (exact) mass is 424 g/mol. The fourth-order valence-electron chi connectivity index (χ4n) is 4.56. The molecule has 0 spiro atoms. The van der Waals surface area contributed by atoms with E-state index in [9.17, 15) is 18.8 Å². The van der Waals surface area contributed by atoms with Gasteiger partial charge in [0.2, 0.25) is 11.8 Å². The quantitative estimate of drug-likeness (QED) is 0.811. The molecule has 7 nitrogen and oxygen atoms in total. The second kappa shape index (κ2) is 7.90. The van der Waals surface area contributed by atoms with Gasteiger partial charge >= 0.3 is 0 Å². The third kappa shape index (κ3) is 3.98. The fourth-order valence-corrected chi connectivity index (χ4v) is 4.56. The van der Waals surface area contributed by atoms with Gasteiger partial charge in [0.1, 0.15) is 11.6 Å². The summed E-state index contributed by atoms with van der Waals surface area (Å²) in [4.78, 5) is 48.9. The molecule has 0 radical (unpaired) electrons. The Morgan fingerprint density at radius 3 is 2.71 bits per heavy atom. The molecular weight excluding hydrogens is 399 g/mol. The Labute approximate surface area is 179 Å². The number of likely N-dealkylation sites (tertiary alicyclic amines) is 1. The zero-order valence-electron chi connectivity index (χ0n) is 17.3. The van der Waals surface area contributed by atoms with Crippen LogP contribution in [0.3, 0.4) is 0 Å². The van der Waals surface area contributed by atoms with Crippen LogP contribution in [0, 0.1) is 11.7 Å².